The maximum absolute atomic E-state index is 5.94. The Morgan fingerprint density at radius 2 is 1.91 bits per heavy atom. The van der Waals surface area contributed by atoms with Crippen LogP contribution in [0.25, 0.3) is 0 Å². The Bertz CT molecular complexity index is 636. The van der Waals surface area contributed by atoms with Crippen molar-refractivity contribution >= 4 is 0 Å². The van der Waals surface area contributed by atoms with E-state index in [4.69, 9.17) is 9.47 Å². The SMILES string of the molecule is c1cnc2c(c1)OC[C@H](c1ccc(CN3CCCC3)cc1)O2. The molecule has 2 aromatic rings. The number of aromatic nitrogens is 1. The molecule has 1 aromatic carbocycles. The third kappa shape index (κ3) is 2.79. The van der Waals surface area contributed by atoms with Gasteiger partial charge in [0.1, 0.15) is 6.61 Å². The lowest BCUT2D eigenvalue weighted by molar-refractivity contribution is 0.0851. The Hall–Kier alpha value is -2.07. The standard InChI is InChI=1S/C18H20N2O2/c1-2-11-20(10-1)12-14-5-7-15(8-6-14)17-13-21-16-4-3-9-19-18(16)22-17/h3-9,17H,1-2,10-13H2/t17-/m1/s1. The monoisotopic (exact) mass is 296 g/mol. The summed E-state index contributed by atoms with van der Waals surface area (Å²) in [5, 5.41) is 0. The lowest BCUT2D eigenvalue weighted by atomic mass is 10.1. The summed E-state index contributed by atoms with van der Waals surface area (Å²) < 4.78 is 11.7. The number of benzene rings is 1. The van der Waals surface area contributed by atoms with Gasteiger partial charge < -0.3 is 9.47 Å². The Morgan fingerprint density at radius 1 is 1.09 bits per heavy atom. The van der Waals surface area contributed by atoms with Crippen LogP contribution >= 0.6 is 0 Å². The molecule has 4 nitrogen and oxygen atoms in total. The average molecular weight is 296 g/mol. The van der Waals surface area contributed by atoms with Gasteiger partial charge in [0.25, 0.3) is 5.88 Å². The molecule has 0 N–H and O–H groups in total. The first-order valence-corrected chi connectivity index (χ1v) is 7.94. The van der Waals surface area contributed by atoms with E-state index in [1.165, 1.54) is 31.5 Å². The molecule has 0 unspecified atom stereocenters. The van der Waals surface area contributed by atoms with E-state index in [1.807, 2.05) is 12.1 Å². The lowest BCUT2D eigenvalue weighted by Crippen LogP contribution is -2.22. The van der Waals surface area contributed by atoms with Crippen molar-refractivity contribution in [1.29, 1.82) is 0 Å². The normalized spacial score (nSPS) is 21.0. The van der Waals surface area contributed by atoms with Gasteiger partial charge in [-0.2, -0.15) is 0 Å². The Balaban J connectivity index is 1.45. The molecule has 1 fully saturated rings. The van der Waals surface area contributed by atoms with Crippen LogP contribution in [0.5, 0.6) is 11.6 Å². The van der Waals surface area contributed by atoms with Gasteiger partial charge in [-0.05, 0) is 49.2 Å². The van der Waals surface area contributed by atoms with Gasteiger partial charge >= 0.3 is 0 Å². The van der Waals surface area contributed by atoms with Crippen LogP contribution in [0, 0.1) is 0 Å². The van der Waals surface area contributed by atoms with Crippen LogP contribution in [0.15, 0.2) is 42.6 Å². The molecule has 0 saturated carbocycles. The zero-order valence-corrected chi connectivity index (χ0v) is 12.6. The number of pyridine rings is 1. The van der Waals surface area contributed by atoms with Gasteiger partial charge in [-0.25, -0.2) is 4.98 Å². The summed E-state index contributed by atoms with van der Waals surface area (Å²) in [6.45, 7) is 4.03. The minimum atomic E-state index is -0.0803. The van der Waals surface area contributed by atoms with E-state index in [1.54, 1.807) is 6.20 Å². The summed E-state index contributed by atoms with van der Waals surface area (Å²) in [6, 6.07) is 12.4. The van der Waals surface area contributed by atoms with Crippen LogP contribution in [-0.2, 0) is 6.54 Å². The van der Waals surface area contributed by atoms with Crippen molar-refractivity contribution in [2.45, 2.75) is 25.5 Å². The molecule has 0 bridgehead atoms. The average Bonchev–Trinajstić information content (AvgIpc) is 3.08. The summed E-state index contributed by atoms with van der Waals surface area (Å²) in [6.07, 6.45) is 4.31. The van der Waals surface area contributed by atoms with Gasteiger partial charge in [0.05, 0.1) is 0 Å². The first kappa shape index (κ1) is 13.6. The Kier molecular flexibility index (Phi) is 3.69. The summed E-state index contributed by atoms with van der Waals surface area (Å²) in [5.74, 6) is 1.31. The number of nitrogens with zero attached hydrogens (tertiary/aromatic N) is 2. The van der Waals surface area contributed by atoms with Gasteiger partial charge in [-0.3, -0.25) is 4.90 Å². The zero-order valence-electron chi connectivity index (χ0n) is 12.6. The number of fused-ring (bicyclic) bond motifs is 1. The van der Waals surface area contributed by atoms with Crippen molar-refractivity contribution in [3.8, 4) is 11.6 Å². The molecule has 3 heterocycles. The van der Waals surface area contributed by atoms with Crippen LogP contribution in [-0.4, -0.2) is 29.6 Å². The Morgan fingerprint density at radius 3 is 2.73 bits per heavy atom. The molecule has 0 spiro atoms. The van der Waals surface area contributed by atoms with E-state index in [0.29, 0.717) is 12.5 Å². The van der Waals surface area contributed by atoms with E-state index in [-0.39, 0.29) is 6.10 Å². The van der Waals surface area contributed by atoms with Crippen LogP contribution in [0.1, 0.15) is 30.1 Å². The highest BCUT2D eigenvalue weighted by Crippen LogP contribution is 2.33. The van der Waals surface area contributed by atoms with Gasteiger partial charge in [0.15, 0.2) is 11.9 Å². The molecular weight excluding hydrogens is 276 g/mol. The summed E-state index contributed by atoms with van der Waals surface area (Å²) in [5.41, 5.74) is 2.50. The second kappa shape index (κ2) is 5.97. The number of likely N-dealkylation sites (tertiary alicyclic amines) is 1. The minimum Gasteiger partial charge on any atom is -0.484 e. The summed E-state index contributed by atoms with van der Waals surface area (Å²) in [7, 11) is 0. The third-order valence-corrected chi connectivity index (χ3v) is 4.34. The quantitative estimate of drug-likeness (QED) is 0.871. The fraction of sp³-hybridized carbons (Fsp3) is 0.389. The molecule has 22 heavy (non-hydrogen) atoms. The molecule has 114 valence electrons. The highest BCUT2D eigenvalue weighted by atomic mass is 16.6. The van der Waals surface area contributed by atoms with Gasteiger partial charge in [-0.15, -0.1) is 0 Å². The molecule has 2 aliphatic heterocycles. The van der Waals surface area contributed by atoms with Gasteiger partial charge in [0.2, 0.25) is 0 Å². The predicted octanol–water partition coefficient (Wildman–Crippen LogP) is 3.19. The largest absolute Gasteiger partial charge is 0.484 e. The molecule has 4 heteroatoms. The molecule has 1 atom stereocenters. The Labute approximate surface area is 130 Å². The highest BCUT2D eigenvalue weighted by Gasteiger charge is 2.23. The summed E-state index contributed by atoms with van der Waals surface area (Å²) >= 11 is 0. The predicted molar refractivity (Wildman–Crippen MR) is 84.1 cm³/mol. The molecule has 1 saturated heterocycles. The number of rotatable bonds is 3. The minimum absolute atomic E-state index is 0.0803. The molecule has 2 aliphatic rings. The van der Waals surface area contributed by atoms with Crippen molar-refractivity contribution < 1.29 is 9.47 Å². The van der Waals surface area contributed by atoms with E-state index in [0.717, 1.165) is 17.9 Å². The van der Waals surface area contributed by atoms with Crippen LogP contribution in [0.2, 0.25) is 0 Å². The first-order chi connectivity index (χ1) is 10.9. The topological polar surface area (TPSA) is 34.6 Å². The van der Waals surface area contributed by atoms with Gasteiger partial charge in [-0.1, -0.05) is 24.3 Å². The third-order valence-electron chi connectivity index (χ3n) is 4.34. The van der Waals surface area contributed by atoms with Crippen LogP contribution < -0.4 is 9.47 Å². The van der Waals surface area contributed by atoms with E-state index >= 15 is 0 Å². The fourth-order valence-electron chi connectivity index (χ4n) is 3.11. The highest BCUT2D eigenvalue weighted by molar-refractivity contribution is 5.35. The van der Waals surface area contributed by atoms with Crippen molar-refractivity contribution in [2.75, 3.05) is 19.7 Å². The fourth-order valence-corrected chi connectivity index (χ4v) is 3.11. The second-order valence-electron chi connectivity index (χ2n) is 5.95. The van der Waals surface area contributed by atoms with Crippen LogP contribution in [0.4, 0.5) is 0 Å². The van der Waals surface area contributed by atoms with E-state index in [2.05, 4.69) is 34.1 Å². The van der Waals surface area contributed by atoms with E-state index in [9.17, 15) is 0 Å². The number of hydrogen-bond acceptors (Lipinski definition) is 4. The van der Waals surface area contributed by atoms with Crippen molar-refractivity contribution in [1.82, 2.24) is 9.88 Å². The molecule has 0 radical (unpaired) electrons. The molecule has 0 amide bonds. The second-order valence-corrected chi connectivity index (χ2v) is 5.95. The first-order valence-electron chi connectivity index (χ1n) is 7.94. The van der Waals surface area contributed by atoms with Crippen LogP contribution in [0.3, 0.4) is 0 Å². The maximum Gasteiger partial charge on any atom is 0.257 e. The van der Waals surface area contributed by atoms with E-state index < -0.39 is 0 Å². The summed E-state index contributed by atoms with van der Waals surface area (Å²) in [4.78, 5) is 6.74. The lowest BCUT2D eigenvalue weighted by Gasteiger charge is -2.25. The number of ether oxygens (including phenoxy) is 2. The van der Waals surface area contributed by atoms with Crippen molar-refractivity contribution in [3.63, 3.8) is 0 Å². The zero-order chi connectivity index (χ0) is 14.8. The van der Waals surface area contributed by atoms with Gasteiger partial charge in [0, 0.05) is 12.7 Å². The molecule has 1 aromatic heterocycles. The smallest absolute Gasteiger partial charge is 0.257 e. The molecular formula is C18H20N2O2. The maximum atomic E-state index is 5.94. The molecule has 0 aliphatic carbocycles. The number of hydrogen-bond donors (Lipinski definition) is 0. The molecule has 4 rings (SSSR count). The van der Waals surface area contributed by atoms with Crippen molar-refractivity contribution in [2.24, 2.45) is 0 Å². The van der Waals surface area contributed by atoms with Crippen molar-refractivity contribution in [3.05, 3.63) is 53.7 Å².